The van der Waals surface area contributed by atoms with Crippen molar-refractivity contribution in [1.29, 1.82) is 0 Å². The maximum Gasteiger partial charge on any atom is 0.141 e. The van der Waals surface area contributed by atoms with Gasteiger partial charge in [-0.2, -0.15) is 0 Å². The number of anilines is 1. The van der Waals surface area contributed by atoms with Gasteiger partial charge in [-0.05, 0) is 31.4 Å². The summed E-state index contributed by atoms with van der Waals surface area (Å²) in [6.07, 6.45) is 5.05. The van der Waals surface area contributed by atoms with E-state index in [1.807, 2.05) is 0 Å². The van der Waals surface area contributed by atoms with Crippen LogP contribution in [0.25, 0.3) is 0 Å². The van der Waals surface area contributed by atoms with Crippen molar-refractivity contribution >= 4 is 5.82 Å². The molecular formula is C15H24FN3. The molecule has 1 aromatic rings. The Kier molecular flexibility index (Phi) is 5.14. The monoisotopic (exact) mass is 265 g/mol. The minimum atomic E-state index is -0.249. The van der Waals surface area contributed by atoms with E-state index in [0.717, 1.165) is 36.9 Å². The predicted octanol–water partition coefficient (Wildman–Crippen LogP) is 2.96. The van der Waals surface area contributed by atoms with Gasteiger partial charge >= 0.3 is 0 Å². The lowest BCUT2D eigenvalue weighted by atomic mass is 9.95. The van der Waals surface area contributed by atoms with E-state index in [4.69, 9.17) is 0 Å². The third-order valence-electron chi connectivity index (χ3n) is 3.87. The molecule has 0 bridgehead atoms. The van der Waals surface area contributed by atoms with Gasteiger partial charge in [-0.25, -0.2) is 9.37 Å². The molecule has 0 aliphatic carbocycles. The van der Waals surface area contributed by atoms with Gasteiger partial charge < -0.3 is 10.2 Å². The molecule has 0 saturated carbocycles. The number of rotatable bonds is 5. The van der Waals surface area contributed by atoms with Gasteiger partial charge in [-0.15, -0.1) is 0 Å². The molecule has 1 N–H and O–H groups in total. The van der Waals surface area contributed by atoms with E-state index in [-0.39, 0.29) is 5.82 Å². The third-order valence-corrected chi connectivity index (χ3v) is 3.87. The van der Waals surface area contributed by atoms with Gasteiger partial charge in [0.25, 0.3) is 0 Å². The van der Waals surface area contributed by atoms with Crippen molar-refractivity contribution in [3.8, 4) is 0 Å². The summed E-state index contributed by atoms with van der Waals surface area (Å²) in [7, 11) is 0. The van der Waals surface area contributed by atoms with E-state index in [0.29, 0.717) is 6.54 Å². The summed E-state index contributed by atoms with van der Waals surface area (Å²) < 4.78 is 13.4. The van der Waals surface area contributed by atoms with Crippen LogP contribution in [0.3, 0.4) is 0 Å². The first-order valence-electron chi connectivity index (χ1n) is 7.34. The van der Waals surface area contributed by atoms with E-state index in [9.17, 15) is 4.39 Å². The van der Waals surface area contributed by atoms with E-state index in [2.05, 4.69) is 29.0 Å². The van der Waals surface area contributed by atoms with E-state index in [1.165, 1.54) is 25.5 Å². The fourth-order valence-corrected chi connectivity index (χ4v) is 2.74. The summed E-state index contributed by atoms with van der Waals surface area (Å²) in [6, 6.07) is 1.61. The van der Waals surface area contributed by atoms with E-state index < -0.39 is 0 Å². The average molecular weight is 265 g/mol. The van der Waals surface area contributed by atoms with Gasteiger partial charge in [-0.3, -0.25) is 0 Å². The lowest BCUT2D eigenvalue weighted by Crippen LogP contribution is -2.36. The molecule has 2 rings (SSSR count). The Morgan fingerprint density at radius 3 is 3.05 bits per heavy atom. The summed E-state index contributed by atoms with van der Waals surface area (Å²) >= 11 is 0. The van der Waals surface area contributed by atoms with Gasteiger partial charge in [0.1, 0.15) is 11.6 Å². The number of hydrogen-bond acceptors (Lipinski definition) is 3. The predicted molar refractivity (Wildman–Crippen MR) is 76.8 cm³/mol. The molecule has 1 unspecified atom stereocenters. The Bertz CT molecular complexity index is 408. The van der Waals surface area contributed by atoms with Crippen molar-refractivity contribution < 1.29 is 4.39 Å². The Morgan fingerprint density at radius 2 is 2.32 bits per heavy atom. The molecule has 1 aromatic heterocycles. The number of piperidine rings is 1. The second-order valence-corrected chi connectivity index (χ2v) is 5.28. The summed E-state index contributed by atoms with van der Waals surface area (Å²) in [5.74, 6) is 1.45. The molecule has 0 spiro atoms. The number of nitrogens with zero attached hydrogens (tertiary/aromatic N) is 2. The lowest BCUT2D eigenvalue weighted by Gasteiger charge is -2.34. The molecule has 19 heavy (non-hydrogen) atoms. The zero-order valence-corrected chi connectivity index (χ0v) is 12.0. The maximum atomic E-state index is 13.4. The van der Waals surface area contributed by atoms with Gasteiger partial charge in [-0.1, -0.05) is 20.3 Å². The SMILES string of the molecule is CCNCc1cc(F)cnc1N1CCCC(CC)C1. The summed E-state index contributed by atoms with van der Waals surface area (Å²) in [5.41, 5.74) is 0.971. The molecule has 4 heteroatoms. The van der Waals surface area contributed by atoms with Crippen LogP contribution in [-0.2, 0) is 6.54 Å². The fourth-order valence-electron chi connectivity index (χ4n) is 2.74. The van der Waals surface area contributed by atoms with Crippen LogP contribution < -0.4 is 10.2 Å². The molecule has 0 aromatic carbocycles. The first-order chi connectivity index (χ1) is 9.24. The van der Waals surface area contributed by atoms with E-state index in [1.54, 1.807) is 6.07 Å². The Hall–Kier alpha value is -1.16. The minimum absolute atomic E-state index is 0.249. The zero-order valence-electron chi connectivity index (χ0n) is 12.0. The first kappa shape index (κ1) is 14.3. The molecule has 0 amide bonds. The molecule has 106 valence electrons. The first-order valence-corrected chi connectivity index (χ1v) is 7.34. The molecule has 2 heterocycles. The molecule has 1 saturated heterocycles. The number of halogens is 1. The Balaban J connectivity index is 2.17. The third kappa shape index (κ3) is 3.66. The number of hydrogen-bond donors (Lipinski definition) is 1. The van der Waals surface area contributed by atoms with Crippen LogP contribution in [0.4, 0.5) is 10.2 Å². The van der Waals surface area contributed by atoms with Crippen molar-refractivity contribution in [2.45, 2.75) is 39.7 Å². The minimum Gasteiger partial charge on any atom is -0.356 e. The highest BCUT2D eigenvalue weighted by Crippen LogP contribution is 2.26. The lowest BCUT2D eigenvalue weighted by molar-refractivity contribution is 0.402. The molecule has 0 radical (unpaired) electrons. The molecule has 3 nitrogen and oxygen atoms in total. The van der Waals surface area contributed by atoms with Crippen molar-refractivity contribution in [1.82, 2.24) is 10.3 Å². The Labute approximate surface area is 115 Å². The standard InChI is InChI=1S/C15H24FN3/c1-3-12-6-5-7-19(11-12)15-13(9-17-4-2)8-14(16)10-18-15/h8,10,12,17H,3-7,9,11H2,1-2H3. The fraction of sp³-hybridized carbons (Fsp3) is 0.667. The zero-order chi connectivity index (χ0) is 13.7. The maximum absolute atomic E-state index is 13.4. The highest BCUT2D eigenvalue weighted by atomic mass is 19.1. The molecule has 1 fully saturated rings. The largest absolute Gasteiger partial charge is 0.356 e. The molecule has 1 aliphatic heterocycles. The van der Waals surface area contributed by atoms with Gasteiger partial charge in [0.2, 0.25) is 0 Å². The van der Waals surface area contributed by atoms with Crippen LogP contribution in [0.1, 0.15) is 38.7 Å². The number of pyridine rings is 1. The molecule has 1 atom stereocenters. The van der Waals surface area contributed by atoms with Crippen LogP contribution in [0, 0.1) is 11.7 Å². The van der Waals surface area contributed by atoms with Crippen molar-refractivity contribution in [3.63, 3.8) is 0 Å². The summed E-state index contributed by atoms with van der Waals surface area (Å²) in [5, 5.41) is 3.26. The summed E-state index contributed by atoms with van der Waals surface area (Å²) in [4.78, 5) is 6.66. The van der Waals surface area contributed by atoms with Crippen LogP contribution in [0.15, 0.2) is 12.3 Å². The van der Waals surface area contributed by atoms with Gasteiger partial charge in [0, 0.05) is 25.2 Å². The van der Waals surface area contributed by atoms with Crippen LogP contribution in [0.2, 0.25) is 0 Å². The highest BCUT2D eigenvalue weighted by molar-refractivity contribution is 5.47. The van der Waals surface area contributed by atoms with Crippen molar-refractivity contribution in [3.05, 3.63) is 23.6 Å². The number of nitrogens with one attached hydrogen (secondary N) is 1. The van der Waals surface area contributed by atoms with Crippen molar-refractivity contribution in [2.75, 3.05) is 24.5 Å². The van der Waals surface area contributed by atoms with Gasteiger partial charge in [0.15, 0.2) is 0 Å². The van der Waals surface area contributed by atoms with Crippen LogP contribution in [0.5, 0.6) is 0 Å². The molecule has 1 aliphatic rings. The van der Waals surface area contributed by atoms with Crippen molar-refractivity contribution in [2.24, 2.45) is 5.92 Å². The topological polar surface area (TPSA) is 28.2 Å². The second kappa shape index (κ2) is 6.85. The quantitative estimate of drug-likeness (QED) is 0.887. The van der Waals surface area contributed by atoms with E-state index >= 15 is 0 Å². The smallest absolute Gasteiger partial charge is 0.141 e. The van der Waals surface area contributed by atoms with Gasteiger partial charge in [0.05, 0.1) is 6.20 Å². The second-order valence-electron chi connectivity index (χ2n) is 5.28. The highest BCUT2D eigenvalue weighted by Gasteiger charge is 2.21. The summed E-state index contributed by atoms with van der Waals surface area (Å²) in [6.45, 7) is 7.95. The Morgan fingerprint density at radius 1 is 1.47 bits per heavy atom. The molecular weight excluding hydrogens is 241 g/mol. The number of aromatic nitrogens is 1. The normalized spacial score (nSPS) is 19.7. The average Bonchev–Trinajstić information content (AvgIpc) is 2.45. The van der Waals surface area contributed by atoms with Crippen LogP contribution >= 0.6 is 0 Å². The van der Waals surface area contributed by atoms with Crippen LogP contribution in [-0.4, -0.2) is 24.6 Å².